The highest BCUT2D eigenvalue weighted by Gasteiger charge is 2.32. The molecule has 1 aliphatic heterocycles. The molecule has 0 radical (unpaired) electrons. The molecular formula is C38H45N5O5. The van der Waals surface area contributed by atoms with Crippen LogP contribution in [0.3, 0.4) is 0 Å². The number of benzene rings is 2. The number of carbonyl (C=O) groups is 3. The van der Waals surface area contributed by atoms with E-state index in [-0.39, 0.29) is 36.4 Å². The van der Waals surface area contributed by atoms with Gasteiger partial charge in [0, 0.05) is 30.0 Å². The van der Waals surface area contributed by atoms with E-state index in [0.717, 1.165) is 49.7 Å². The highest BCUT2D eigenvalue weighted by Crippen LogP contribution is 2.30. The Morgan fingerprint density at radius 3 is 2.44 bits per heavy atom. The Balaban J connectivity index is 1.48. The second-order valence-electron chi connectivity index (χ2n) is 12.4. The minimum Gasteiger partial charge on any atom is -0.482 e. The summed E-state index contributed by atoms with van der Waals surface area (Å²) < 4.78 is 7.19. The number of pyridine rings is 1. The second kappa shape index (κ2) is 16.3. The van der Waals surface area contributed by atoms with E-state index in [2.05, 4.69) is 24.1 Å². The van der Waals surface area contributed by atoms with Gasteiger partial charge >= 0.3 is 0 Å². The number of rotatable bonds is 15. The van der Waals surface area contributed by atoms with Crippen molar-refractivity contribution in [1.82, 2.24) is 19.7 Å². The van der Waals surface area contributed by atoms with Gasteiger partial charge in [0.1, 0.15) is 11.4 Å². The van der Waals surface area contributed by atoms with Gasteiger partial charge in [-0.25, -0.2) is 4.68 Å². The molecule has 2 aromatic heterocycles. The Morgan fingerprint density at radius 2 is 1.75 bits per heavy atom. The molecular weight excluding hydrogens is 606 g/mol. The van der Waals surface area contributed by atoms with Gasteiger partial charge in [0.25, 0.3) is 11.8 Å². The summed E-state index contributed by atoms with van der Waals surface area (Å²) in [4.78, 5) is 46.7. The molecule has 0 aliphatic carbocycles. The van der Waals surface area contributed by atoms with Crippen LogP contribution in [0, 0.1) is 12.8 Å². The van der Waals surface area contributed by atoms with Gasteiger partial charge in [0.15, 0.2) is 12.4 Å². The fourth-order valence-corrected chi connectivity index (χ4v) is 6.25. The van der Waals surface area contributed by atoms with E-state index in [1.807, 2.05) is 31.2 Å². The smallest absolute Gasteiger partial charge is 0.262 e. The van der Waals surface area contributed by atoms with Gasteiger partial charge in [-0.2, -0.15) is 5.10 Å². The van der Waals surface area contributed by atoms with Crippen LogP contribution in [0.5, 0.6) is 5.75 Å². The normalized spacial score (nSPS) is 14.1. The van der Waals surface area contributed by atoms with Crippen molar-refractivity contribution < 1.29 is 24.2 Å². The van der Waals surface area contributed by atoms with Crippen LogP contribution in [0.4, 0.5) is 5.69 Å². The lowest BCUT2D eigenvalue weighted by Crippen LogP contribution is -2.46. The number of Topliss-reactive ketones (excluding diaryl/α,β-unsaturated/α-hetero) is 1. The number of hydrogen-bond acceptors (Lipinski definition) is 7. The number of aryl methyl sites for hydroxylation is 1. The number of fused-ring (bicyclic) bond motifs is 1. The summed E-state index contributed by atoms with van der Waals surface area (Å²) in [5.74, 6) is -0.326. The van der Waals surface area contributed by atoms with E-state index in [1.54, 1.807) is 52.2 Å². The van der Waals surface area contributed by atoms with Crippen molar-refractivity contribution in [2.75, 3.05) is 18.5 Å². The number of anilines is 1. The van der Waals surface area contributed by atoms with Gasteiger partial charge in [-0.05, 0) is 73.7 Å². The molecule has 2 aromatic carbocycles. The molecule has 5 rings (SSSR count). The molecule has 0 unspecified atom stereocenters. The summed E-state index contributed by atoms with van der Waals surface area (Å²) in [5, 5.41) is 18.0. The number of unbranched alkanes of at least 4 members (excludes halogenated alkanes) is 2. The van der Waals surface area contributed by atoms with E-state index >= 15 is 0 Å². The lowest BCUT2D eigenvalue weighted by Gasteiger charge is -2.36. The maximum absolute atomic E-state index is 14.5. The molecule has 0 bridgehead atoms. The minimum absolute atomic E-state index is 0.0251. The van der Waals surface area contributed by atoms with Crippen molar-refractivity contribution in [3.05, 3.63) is 101 Å². The van der Waals surface area contributed by atoms with Crippen molar-refractivity contribution in [3.63, 3.8) is 0 Å². The molecule has 2 N–H and O–H groups in total. The number of carbonyl (C=O) groups excluding carboxylic acids is 3. The summed E-state index contributed by atoms with van der Waals surface area (Å²) in [5.41, 5.74) is 4.38. The summed E-state index contributed by atoms with van der Waals surface area (Å²) in [6.07, 6.45) is 9.29. The zero-order chi connectivity index (χ0) is 34.0. The van der Waals surface area contributed by atoms with Crippen LogP contribution in [-0.4, -0.2) is 61.6 Å². The molecule has 0 spiro atoms. The summed E-state index contributed by atoms with van der Waals surface area (Å²) in [6.45, 7) is 6.00. The Bertz CT molecular complexity index is 1710. The topological polar surface area (TPSA) is 127 Å². The van der Waals surface area contributed by atoms with Gasteiger partial charge in [0.2, 0.25) is 0 Å². The molecule has 0 saturated heterocycles. The summed E-state index contributed by atoms with van der Waals surface area (Å²) in [6, 6.07) is 17.8. The number of nitrogens with one attached hydrogen (secondary N) is 1. The van der Waals surface area contributed by atoms with E-state index in [1.165, 1.54) is 6.20 Å². The largest absolute Gasteiger partial charge is 0.482 e. The lowest BCUT2D eigenvalue weighted by molar-refractivity contribution is -0.118. The Hall–Kier alpha value is -4.83. The molecule has 4 aromatic rings. The van der Waals surface area contributed by atoms with Crippen LogP contribution in [0.15, 0.2) is 73.1 Å². The monoisotopic (exact) mass is 651 g/mol. The van der Waals surface area contributed by atoms with Crippen molar-refractivity contribution in [3.8, 4) is 11.4 Å². The minimum atomic E-state index is -0.430. The van der Waals surface area contributed by atoms with Crippen LogP contribution in [0.2, 0.25) is 0 Å². The average molecular weight is 652 g/mol. The lowest BCUT2D eigenvalue weighted by atomic mass is 9.90. The second-order valence-corrected chi connectivity index (χ2v) is 12.4. The van der Waals surface area contributed by atoms with Crippen LogP contribution in [-0.2, 0) is 17.8 Å². The number of ketones is 1. The molecule has 10 nitrogen and oxygen atoms in total. The SMILES string of the molecule is CCCCC(CCCC)C(=O)c1cc(C)n(-c2ccc(NC(=O)COc3cccnc3)cc2C(=O)N2Cc3ccccc3C[C@H]2CO)n1. The zero-order valence-corrected chi connectivity index (χ0v) is 28.0. The number of ether oxygens (including phenoxy) is 1. The van der Waals surface area contributed by atoms with Crippen molar-refractivity contribution >= 4 is 23.3 Å². The van der Waals surface area contributed by atoms with Gasteiger partial charge in [-0.15, -0.1) is 0 Å². The molecule has 1 atom stereocenters. The maximum Gasteiger partial charge on any atom is 0.262 e. The number of amides is 2. The number of aromatic nitrogens is 3. The van der Waals surface area contributed by atoms with E-state index in [0.29, 0.717) is 41.5 Å². The third-order valence-electron chi connectivity index (χ3n) is 8.89. The van der Waals surface area contributed by atoms with Crippen LogP contribution < -0.4 is 10.1 Å². The number of aliphatic hydroxyl groups excluding tert-OH is 1. The van der Waals surface area contributed by atoms with Gasteiger partial charge < -0.3 is 20.1 Å². The molecule has 252 valence electrons. The first-order valence-electron chi connectivity index (χ1n) is 16.9. The average Bonchev–Trinajstić information content (AvgIpc) is 3.51. The Morgan fingerprint density at radius 1 is 1.00 bits per heavy atom. The standard InChI is InChI=1S/C38H45N5O5/c1-4-6-11-27(12-7-5-2)37(46)34-19-26(3)43(41-34)35-17-16-30(40-36(45)25-48-32-15-10-18-39-22-32)21-33(35)38(47)42-23-29-14-9-8-13-28(29)20-31(42)24-44/h8-10,13-19,21-22,27,31,44H,4-7,11-12,20,23-25H2,1-3H3,(H,40,45)/t31-/m0/s1. The van der Waals surface area contributed by atoms with Crippen LogP contribution in [0.25, 0.3) is 5.69 Å². The predicted molar refractivity (Wildman–Crippen MR) is 184 cm³/mol. The highest BCUT2D eigenvalue weighted by atomic mass is 16.5. The number of aliphatic hydroxyl groups is 1. The van der Waals surface area contributed by atoms with E-state index in [9.17, 15) is 19.5 Å². The van der Waals surface area contributed by atoms with Gasteiger partial charge in [0.05, 0.1) is 30.1 Å². The molecule has 2 amide bonds. The zero-order valence-electron chi connectivity index (χ0n) is 28.0. The highest BCUT2D eigenvalue weighted by molar-refractivity contribution is 6.01. The van der Waals surface area contributed by atoms with E-state index < -0.39 is 11.9 Å². The predicted octanol–water partition coefficient (Wildman–Crippen LogP) is 6.33. The first-order chi connectivity index (χ1) is 23.3. The fourth-order valence-electron chi connectivity index (χ4n) is 6.25. The Kier molecular flexibility index (Phi) is 11.7. The quantitative estimate of drug-likeness (QED) is 0.144. The van der Waals surface area contributed by atoms with Crippen molar-refractivity contribution in [2.45, 2.75) is 78.3 Å². The summed E-state index contributed by atoms with van der Waals surface area (Å²) in [7, 11) is 0. The van der Waals surface area contributed by atoms with Gasteiger partial charge in [-0.1, -0.05) is 63.8 Å². The third-order valence-corrected chi connectivity index (χ3v) is 8.89. The Labute approximate surface area is 282 Å². The summed E-state index contributed by atoms with van der Waals surface area (Å²) >= 11 is 0. The first-order valence-corrected chi connectivity index (χ1v) is 16.9. The van der Waals surface area contributed by atoms with E-state index in [4.69, 9.17) is 9.84 Å². The molecule has 1 aliphatic rings. The molecule has 0 saturated carbocycles. The molecule has 3 heterocycles. The third kappa shape index (κ3) is 8.17. The number of nitrogens with zero attached hydrogens (tertiary/aromatic N) is 4. The van der Waals surface area contributed by atoms with Crippen LogP contribution in [0.1, 0.15) is 90.0 Å². The van der Waals surface area contributed by atoms with Crippen molar-refractivity contribution in [2.24, 2.45) is 5.92 Å². The molecule has 0 fully saturated rings. The molecule has 10 heteroatoms. The van der Waals surface area contributed by atoms with Crippen molar-refractivity contribution in [1.29, 1.82) is 0 Å². The van der Waals surface area contributed by atoms with Gasteiger partial charge in [-0.3, -0.25) is 19.4 Å². The maximum atomic E-state index is 14.5. The first kappa shape index (κ1) is 34.5. The van der Waals surface area contributed by atoms with Crippen LogP contribution >= 0.6 is 0 Å². The molecule has 48 heavy (non-hydrogen) atoms. The number of hydrogen-bond donors (Lipinski definition) is 2. The fraction of sp³-hybridized carbons (Fsp3) is 0.395.